The van der Waals surface area contributed by atoms with Gasteiger partial charge in [0.05, 0.1) is 6.10 Å². The number of carbonyl (C=O) groups is 1. The molecule has 1 aliphatic carbocycles. The van der Waals surface area contributed by atoms with Gasteiger partial charge in [0.15, 0.2) is 0 Å². The maximum atomic E-state index is 13.4. The van der Waals surface area contributed by atoms with Crippen LogP contribution in [0.5, 0.6) is 0 Å². The van der Waals surface area contributed by atoms with Crippen LogP contribution in [0.4, 0.5) is 0 Å². The van der Waals surface area contributed by atoms with Crippen LogP contribution in [0.3, 0.4) is 0 Å². The number of amides is 1. The summed E-state index contributed by atoms with van der Waals surface area (Å²) in [6.45, 7) is 7.15. The number of rotatable bonds is 7. The molecule has 1 N–H and O–H groups in total. The molecule has 1 aromatic carbocycles. The summed E-state index contributed by atoms with van der Waals surface area (Å²) in [5.74, 6) is 1.73. The molecule has 2 saturated heterocycles. The first kappa shape index (κ1) is 21.1. The average molecular weight is 424 g/mol. The van der Waals surface area contributed by atoms with Crippen molar-refractivity contribution in [2.45, 2.75) is 76.1 Å². The second kappa shape index (κ2) is 8.67. The van der Waals surface area contributed by atoms with Gasteiger partial charge in [0.1, 0.15) is 5.54 Å². The third-order valence-electron chi connectivity index (χ3n) is 7.95. The molecule has 1 aromatic rings. The van der Waals surface area contributed by atoms with E-state index in [2.05, 4.69) is 60.6 Å². The molecular formula is C26H37N3O2. The van der Waals surface area contributed by atoms with Gasteiger partial charge in [0.2, 0.25) is 5.91 Å². The van der Waals surface area contributed by atoms with Crippen molar-refractivity contribution in [2.24, 2.45) is 22.7 Å². The lowest BCUT2D eigenvalue weighted by Gasteiger charge is -2.45. The summed E-state index contributed by atoms with van der Waals surface area (Å²) in [5.41, 5.74) is 0.814. The van der Waals surface area contributed by atoms with Crippen molar-refractivity contribution in [3.63, 3.8) is 0 Å². The van der Waals surface area contributed by atoms with Gasteiger partial charge in [-0.3, -0.25) is 14.7 Å². The Morgan fingerprint density at radius 2 is 2.10 bits per heavy atom. The third kappa shape index (κ3) is 4.07. The highest BCUT2D eigenvalue weighted by Crippen LogP contribution is 2.53. The van der Waals surface area contributed by atoms with E-state index in [-0.39, 0.29) is 12.0 Å². The van der Waals surface area contributed by atoms with E-state index in [0.717, 1.165) is 45.3 Å². The van der Waals surface area contributed by atoms with Gasteiger partial charge in [0, 0.05) is 43.9 Å². The van der Waals surface area contributed by atoms with E-state index >= 15 is 0 Å². The van der Waals surface area contributed by atoms with Gasteiger partial charge < -0.3 is 10.1 Å². The van der Waals surface area contributed by atoms with Gasteiger partial charge in [0.25, 0.3) is 0 Å². The van der Waals surface area contributed by atoms with Gasteiger partial charge in [-0.1, -0.05) is 44.2 Å². The lowest BCUT2D eigenvalue weighted by Crippen LogP contribution is -2.58. The molecular weight excluding hydrogens is 386 g/mol. The largest absolute Gasteiger partial charge is 0.376 e. The highest BCUT2D eigenvalue weighted by molar-refractivity contribution is 5.90. The zero-order chi connectivity index (χ0) is 21.4. The predicted octanol–water partition coefficient (Wildman–Crippen LogP) is 3.47. The molecule has 0 aromatic heterocycles. The van der Waals surface area contributed by atoms with E-state index in [0.29, 0.717) is 36.4 Å². The van der Waals surface area contributed by atoms with Crippen molar-refractivity contribution < 1.29 is 9.53 Å². The molecule has 6 unspecified atom stereocenters. The fourth-order valence-corrected chi connectivity index (χ4v) is 6.54. The predicted molar refractivity (Wildman–Crippen MR) is 123 cm³/mol. The normalized spacial score (nSPS) is 36.8. The minimum absolute atomic E-state index is 0.121. The fourth-order valence-electron chi connectivity index (χ4n) is 6.54. The molecule has 4 heterocycles. The lowest BCUT2D eigenvalue weighted by molar-refractivity contribution is -0.129. The van der Waals surface area contributed by atoms with E-state index in [4.69, 9.17) is 9.73 Å². The Morgan fingerprint density at radius 1 is 1.26 bits per heavy atom. The number of nitrogens with one attached hydrogen (secondary N) is 1. The quantitative estimate of drug-likeness (QED) is 0.731. The van der Waals surface area contributed by atoms with E-state index in [1.54, 1.807) is 0 Å². The maximum Gasteiger partial charge on any atom is 0.248 e. The van der Waals surface area contributed by atoms with E-state index in [1.165, 1.54) is 12.0 Å². The number of hydrogen-bond acceptors (Lipinski definition) is 4. The lowest BCUT2D eigenvalue weighted by atomic mass is 9.65. The number of likely N-dealkylation sites (tertiary alicyclic amines) is 1. The molecule has 168 valence electrons. The maximum absolute atomic E-state index is 13.4. The van der Waals surface area contributed by atoms with Crippen molar-refractivity contribution in [1.82, 2.24) is 10.2 Å². The van der Waals surface area contributed by atoms with Crippen molar-refractivity contribution in [2.75, 3.05) is 19.7 Å². The van der Waals surface area contributed by atoms with Crippen LogP contribution >= 0.6 is 0 Å². The highest BCUT2D eigenvalue weighted by atomic mass is 16.5. The SMILES string of the molecule is CC(C)CN1C2CC3(C(=O)NCC4CCCCO4)CC(C2C=N3)C1Cc1ccccc1. The summed E-state index contributed by atoms with van der Waals surface area (Å²) >= 11 is 0. The smallest absolute Gasteiger partial charge is 0.248 e. The summed E-state index contributed by atoms with van der Waals surface area (Å²) in [6, 6.07) is 11.8. The Balaban J connectivity index is 1.34. The number of aliphatic imine (C=N–C) groups is 1. The van der Waals surface area contributed by atoms with Gasteiger partial charge in [-0.15, -0.1) is 0 Å². The average Bonchev–Trinajstić information content (AvgIpc) is 3.00. The Labute approximate surface area is 186 Å². The van der Waals surface area contributed by atoms with Crippen LogP contribution in [0.25, 0.3) is 0 Å². The standard InChI is InChI=1S/C26H37N3O2/c1-18(2)17-29-23(12-19-8-4-3-5-9-19)21-13-26(14-24(29)22(21)16-28-26)25(30)27-15-20-10-6-7-11-31-20/h3-5,8-9,16,18,20-24H,6-7,10-15,17H2,1-2H3,(H,27,30). The minimum atomic E-state index is -0.584. The van der Waals surface area contributed by atoms with Gasteiger partial charge in [-0.2, -0.15) is 0 Å². The molecule has 4 bridgehead atoms. The second-order valence-electron chi connectivity index (χ2n) is 10.6. The molecule has 5 aliphatic rings. The van der Waals surface area contributed by atoms with Crippen molar-refractivity contribution in [1.29, 1.82) is 0 Å². The first-order chi connectivity index (χ1) is 15.1. The molecule has 1 saturated carbocycles. The third-order valence-corrected chi connectivity index (χ3v) is 7.95. The van der Waals surface area contributed by atoms with Crippen molar-refractivity contribution in [3.8, 4) is 0 Å². The summed E-state index contributed by atoms with van der Waals surface area (Å²) in [5, 5.41) is 3.23. The number of benzene rings is 1. The first-order valence-corrected chi connectivity index (χ1v) is 12.3. The fraction of sp³-hybridized carbons (Fsp3) is 0.692. The molecule has 5 nitrogen and oxygen atoms in total. The number of ether oxygens (including phenoxy) is 1. The molecule has 6 rings (SSSR count). The molecule has 31 heavy (non-hydrogen) atoms. The van der Waals surface area contributed by atoms with Gasteiger partial charge >= 0.3 is 0 Å². The van der Waals surface area contributed by atoms with Crippen LogP contribution in [0.1, 0.15) is 51.5 Å². The summed E-state index contributed by atoms with van der Waals surface area (Å²) in [4.78, 5) is 21.1. The van der Waals surface area contributed by atoms with Crippen LogP contribution < -0.4 is 5.32 Å². The van der Waals surface area contributed by atoms with Gasteiger partial charge in [-0.25, -0.2) is 0 Å². The molecule has 3 fully saturated rings. The monoisotopic (exact) mass is 423 g/mol. The molecule has 0 radical (unpaired) electrons. The van der Waals surface area contributed by atoms with Crippen LogP contribution in [-0.4, -0.2) is 60.4 Å². The first-order valence-electron chi connectivity index (χ1n) is 12.3. The summed E-state index contributed by atoms with van der Waals surface area (Å²) < 4.78 is 5.83. The number of nitrogens with zero attached hydrogens (tertiary/aromatic N) is 2. The van der Waals surface area contributed by atoms with Crippen LogP contribution in [0.15, 0.2) is 35.3 Å². The minimum Gasteiger partial charge on any atom is -0.376 e. The summed E-state index contributed by atoms with van der Waals surface area (Å²) in [7, 11) is 0. The van der Waals surface area contributed by atoms with Crippen molar-refractivity contribution in [3.05, 3.63) is 35.9 Å². The van der Waals surface area contributed by atoms with E-state index in [1.807, 2.05) is 0 Å². The Morgan fingerprint density at radius 3 is 2.84 bits per heavy atom. The molecule has 1 amide bonds. The molecule has 0 spiro atoms. The molecule has 5 heteroatoms. The Bertz CT molecular complexity index is 804. The van der Waals surface area contributed by atoms with Crippen LogP contribution in [0, 0.1) is 17.8 Å². The molecule has 4 aliphatic heterocycles. The highest BCUT2D eigenvalue weighted by Gasteiger charge is 2.61. The molecule has 6 atom stereocenters. The number of carbonyl (C=O) groups excluding carboxylic acids is 1. The van der Waals surface area contributed by atoms with Crippen LogP contribution in [-0.2, 0) is 16.0 Å². The van der Waals surface area contributed by atoms with Crippen molar-refractivity contribution >= 4 is 12.1 Å². The zero-order valence-electron chi connectivity index (χ0n) is 19.0. The topological polar surface area (TPSA) is 53.9 Å². The number of hydrogen-bond donors (Lipinski definition) is 1. The summed E-state index contributed by atoms with van der Waals surface area (Å²) in [6.07, 6.45) is 8.50. The van der Waals surface area contributed by atoms with E-state index in [9.17, 15) is 4.79 Å². The Hall–Kier alpha value is -1.72. The van der Waals surface area contributed by atoms with E-state index < -0.39 is 5.54 Å². The van der Waals surface area contributed by atoms with Crippen LogP contribution in [0.2, 0.25) is 0 Å². The second-order valence-corrected chi connectivity index (χ2v) is 10.6. The zero-order valence-corrected chi connectivity index (χ0v) is 19.0. The van der Waals surface area contributed by atoms with Gasteiger partial charge in [-0.05, 0) is 55.9 Å². The Kier molecular flexibility index (Phi) is 5.91.